The standard InChI is InChI=1S/C19H16ClN3O4/c1-2-26-19(25)14-5-3-13(4-6-14)18(24)21-11-16-22-17(23-27-16)12-7-9-15(20)10-8-12/h3-10H,2,11H2,1H3,(H,21,24). The van der Waals surface area contributed by atoms with Gasteiger partial charge in [-0.15, -0.1) is 0 Å². The van der Waals surface area contributed by atoms with Crippen LogP contribution in [-0.2, 0) is 11.3 Å². The van der Waals surface area contributed by atoms with Gasteiger partial charge in [0.15, 0.2) is 0 Å². The summed E-state index contributed by atoms with van der Waals surface area (Å²) in [6, 6.07) is 13.2. The van der Waals surface area contributed by atoms with E-state index in [2.05, 4.69) is 15.5 Å². The van der Waals surface area contributed by atoms with E-state index in [0.717, 1.165) is 5.56 Å². The Morgan fingerprint density at radius 1 is 1.07 bits per heavy atom. The fourth-order valence-electron chi connectivity index (χ4n) is 2.27. The molecule has 0 fully saturated rings. The lowest BCUT2D eigenvalue weighted by molar-refractivity contribution is 0.0526. The molecule has 0 aliphatic rings. The first-order valence-electron chi connectivity index (χ1n) is 8.20. The largest absolute Gasteiger partial charge is 0.462 e. The van der Waals surface area contributed by atoms with E-state index in [1.807, 2.05) is 0 Å². The molecular formula is C19H16ClN3O4. The van der Waals surface area contributed by atoms with Crippen LogP contribution in [0.25, 0.3) is 11.4 Å². The van der Waals surface area contributed by atoms with Gasteiger partial charge in [-0.05, 0) is 55.5 Å². The maximum atomic E-state index is 12.2. The van der Waals surface area contributed by atoms with E-state index in [4.69, 9.17) is 20.9 Å². The Labute approximate surface area is 160 Å². The Morgan fingerprint density at radius 3 is 2.41 bits per heavy atom. The summed E-state index contributed by atoms with van der Waals surface area (Å²) in [7, 11) is 0. The van der Waals surface area contributed by atoms with E-state index in [1.54, 1.807) is 43.3 Å². The molecule has 0 saturated carbocycles. The third-order valence-corrected chi connectivity index (χ3v) is 3.88. The van der Waals surface area contributed by atoms with E-state index in [1.165, 1.54) is 12.1 Å². The zero-order valence-electron chi connectivity index (χ0n) is 14.4. The van der Waals surface area contributed by atoms with Crippen LogP contribution in [0, 0.1) is 0 Å². The van der Waals surface area contributed by atoms with Crippen LogP contribution in [0.4, 0.5) is 0 Å². The first-order valence-corrected chi connectivity index (χ1v) is 8.58. The monoisotopic (exact) mass is 385 g/mol. The van der Waals surface area contributed by atoms with Crippen molar-refractivity contribution in [1.82, 2.24) is 15.5 Å². The maximum Gasteiger partial charge on any atom is 0.338 e. The third kappa shape index (κ3) is 4.71. The molecular weight excluding hydrogens is 370 g/mol. The summed E-state index contributed by atoms with van der Waals surface area (Å²) >= 11 is 5.85. The quantitative estimate of drug-likeness (QED) is 0.652. The normalized spacial score (nSPS) is 10.4. The lowest BCUT2D eigenvalue weighted by Gasteiger charge is -2.04. The number of nitrogens with one attached hydrogen (secondary N) is 1. The molecule has 2 aromatic carbocycles. The van der Waals surface area contributed by atoms with E-state index in [-0.39, 0.29) is 18.3 Å². The summed E-state index contributed by atoms with van der Waals surface area (Å²) in [6.07, 6.45) is 0. The number of rotatable bonds is 6. The second-order valence-electron chi connectivity index (χ2n) is 5.50. The molecule has 3 aromatic rings. The van der Waals surface area contributed by atoms with Gasteiger partial charge in [0.2, 0.25) is 11.7 Å². The van der Waals surface area contributed by atoms with Gasteiger partial charge in [0.25, 0.3) is 5.91 Å². The molecule has 0 unspecified atom stereocenters. The van der Waals surface area contributed by atoms with Crippen LogP contribution < -0.4 is 5.32 Å². The molecule has 0 spiro atoms. The highest BCUT2D eigenvalue weighted by Gasteiger charge is 2.12. The minimum Gasteiger partial charge on any atom is -0.462 e. The highest BCUT2D eigenvalue weighted by molar-refractivity contribution is 6.30. The third-order valence-electron chi connectivity index (χ3n) is 3.63. The lowest BCUT2D eigenvalue weighted by Crippen LogP contribution is -2.23. The van der Waals surface area contributed by atoms with Crippen molar-refractivity contribution in [3.05, 3.63) is 70.6 Å². The van der Waals surface area contributed by atoms with Gasteiger partial charge >= 0.3 is 5.97 Å². The zero-order valence-corrected chi connectivity index (χ0v) is 15.2. The smallest absolute Gasteiger partial charge is 0.338 e. The van der Waals surface area contributed by atoms with E-state index in [0.29, 0.717) is 28.6 Å². The van der Waals surface area contributed by atoms with Crippen LogP contribution in [0.1, 0.15) is 33.5 Å². The number of esters is 1. The van der Waals surface area contributed by atoms with Gasteiger partial charge in [-0.3, -0.25) is 4.79 Å². The number of halogens is 1. The summed E-state index contributed by atoms with van der Waals surface area (Å²) in [5, 5.41) is 7.19. The molecule has 1 heterocycles. The van der Waals surface area contributed by atoms with Crippen LogP contribution >= 0.6 is 11.6 Å². The summed E-state index contributed by atoms with van der Waals surface area (Å²) in [5.41, 5.74) is 1.55. The fraction of sp³-hybridized carbons (Fsp3) is 0.158. The molecule has 7 nitrogen and oxygen atoms in total. The SMILES string of the molecule is CCOC(=O)c1ccc(C(=O)NCc2nc(-c3ccc(Cl)cc3)no2)cc1. The minimum atomic E-state index is -0.426. The molecule has 1 aromatic heterocycles. The number of benzene rings is 2. The van der Waals surface area contributed by atoms with Gasteiger partial charge in [0.05, 0.1) is 18.7 Å². The van der Waals surface area contributed by atoms with Gasteiger partial charge < -0.3 is 14.6 Å². The van der Waals surface area contributed by atoms with Gasteiger partial charge in [-0.2, -0.15) is 4.98 Å². The topological polar surface area (TPSA) is 94.3 Å². The average Bonchev–Trinajstić information content (AvgIpc) is 3.16. The number of amides is 1. The predicted molar refractivity (Wildman–Crippen MR) is 98.3 cm³/mol. The Kier molecular flexibility index (Phi) is 5.83. The van der Waals surface area contributed by atoms with Crippen LogP contribution in [0.3, 0.4) is 0 Å². The fourth-order valence-corrected chi connectivity index (χ4v) is 2.40. The minimum absolute atomic E-state index is 0.0824. The van der Waals surface area contributed by atoms with Crippen molar-refractivity contribution in [3.63, 3.8) is 0 Å². The van der Waals surface area contributed by atoms with Crippen molar-refractivity contribution >= 4 is 23.5 Å². The molecule has 1 N–H and O–H groups in total. The van der Waals surface area contributed by atoms with Gasteiger partial charge in [0.1, 0.15) is 0 Å². The van der Waals surface area contributed by atoms with Crippen LogP contribution in [0.2, 0.25) is 5.02 Å². The number of ether oxygens (including phenoxy) is 1. The predicted octanol–water partition coefficient (Wildman–Crippen LogP) is 3.50. The number of hydrogen-bond acceptors (Lipinski definition) is 6. The second kappa shape index (κ2) is 8.46. The van der Waals surface area contributed by atoms with Crippen LogP contribution in [0.15, 0.2) is 53.1 Å². The number of nitrogens with zero attached hydrogens (tertiary/aromatic N) is 2. The highest BCUT2D eigenvalue weighted by atomic mass is 35.5. The first kappa shape index (κ1) is 18.6. The lowest BCUT2D eigenvalue weighted by atomic mass is 10.1. The average molecular weight is 386 g/mol. The highest BCUT2D eigenvalue weighted by Crippen LogP contribution is 2.18. The molecule has 0 bridgehead atoms. The van der Waals surface area contributed by atoms with E-state index < -0.39 is 5.97 Å². The second-order valence-corrected chi connectivity index (χ2v) is 5.94. The number of carbonyl (C=O) groups excluding carboxylic acids is 2. The van der Waals surface area contributed by atoms with E-state index >= 15 is 0 Å². The Morgan fingerprint density at radius 2 is 1.74 bits per heavy atom. The summed E-state index contributed by atoms with van der Waals surface area (Å²) in [6.45, 7) is 2.11. The van der Waals surface area contributed by atoms with Crippen LogP contribution in [0.5, 0.6) is 0 Å². The Balaban J connectivity index is 1.59. The Hall–Kier alpha value is -3.19. The molecule has 0 atom stereocenters. The van der Waals surface area contributed by atoms with Crippen molar-refractivity contribution in [2.75, 3.05) is 6.61 Å². The maximum absolute atomic E-state index is 12.2. The van der Waals surface area contributed by atoms with Crippen molar-refractivity contribution < 1.29 is 18.8 Å². The van der Waals surface area contributed by atoms with Crippen molar-refractivity contribution in [3.8, 4) is 11.4 Å². The Bertz CT molecular complexity index is 936. The molecule has 0 radical (unpaired) electrons. The molecule has 138 valence electrons. The van der Waals surface area contributed by atoms with E-state index in [9.17, 15) is 9.59 Å². The molecule has 0 aliphatic heterocycles. The number of aromatic nitrogens is 2. The number of hydrogen-bond donors (Lipinski definition) is 1. The van der Waals surface area contributed by atoms with Gasteiger partial charge in [-0.25, -0.2) is 4.79 Å². The molecule has 0 saturated heterocycles. The van der Waals surface area contributed by atoms with Crippen molar-refractivity contribution in [2.24, 2.45) is 0 Å². The molecule has 0 aliphatic carbocycles. The van der Waals surface area contributed by atoms with Crippen LogP contribution in [-0.4, -0.2) is 28.6 Å². The van der Waals surface area contributed by atoms with Gasteiger partial charge in [0, 0.05) is 16.1 Å². The molecule has 8 heteroatoms. The summed E-state index contributed by atoms with van der Waals surface area (Å²) in [5.74, 6) is -0.0622. The number of carbonyl (C=O) groups is 2. The zero-order chi connectivity index (χ0) is 19.2. The van der Waals surface area contributed by atoms with Crippen molar-refractivity contribution in [1.29, 1.82) is 0 Å². The van der Waals surface area contributed by atoms with Crippen molar-refractivity contribution in [2.45, 2.75) is 13.5 Å². The summed E-state index contributed by atoms with van der Waals surface area (Å²) < 4.78 is 10.0. The first-order chi connectivity index (χ1) is 13.1. The molecule has 1 amide bonds. The summed E-state index contributed by atoms with van der Waals surface area (Å²) in [4.78, 5) is 28.1. The molecule has 3 rings (SSSR count). The molecule has 27 heavy (non-hydrogen) atoms. The van der Waals surface area contributed by atoms with Gasteiger partial charge in [-0.1, -0.05) is 16.8 Å².